The summed E-state index contributed by atoms with van der Waals surface area (Å²) in [6.45, 7) is 8.83. The van der Waals surface area contributed by atoms with E-state index >= 15 is 0 Å². The van der Waals surface area contributed by atoms with Gasteiger partial charge in [-0.15, -0.1) is 0 Å². The second-order valence-electron chi connectivity index (χ2n) is 12.7. The summed E-state index contributed by atoms with van der Waals surface area (Å²) >= 11 is 0. The van der Waals surface area contributed by atoms with E-state index in [-0.39, 0.29) is 30.8 Å². The summed E-state index contributed by atoms with van der Waals surface area (Å²) in [5.74, 6) is 2.03. The molecule has 9 unspecified atom stereocenters. The molecule has 9 atom stereocenters. The highest BCUT2D eigenvalue weighted by Gasteiger charge is 2.36. The Labute approximate surface area is 224 Å². The largest absolute Gasteiger partial charge is 0.396 e. The lowest BCUT2D eigenvalue weighted by Crippen LogP contribution is -2.66. The lowest BCUT2D eigenvalue weighted by molar-refractivity contribution is -0.127. The van der Waals surface area contributed by atoms with Gasteiger partial charge in [0.2, 0.25) is 5.91 Å². The molecule has 9 nitrogen and oxygen atoms in total. The van der Waals surface area contributed by atoms with Gasteiger partial charge in [0, 0.05) is 37.8 Å². The summed E-state index contributed by atoms with van der Waals surface area (Å²) in [4.78, 5) is 15.7. The average molecular weight is 520 g/mol. The third-order valence-corrected chi connectivity index (χ3v) is 10.0. The maximum Gasteiger partial charge on any atom is 0.224 e. The van der Waals surface area contributed by atoms with E-state index < -0.39 is 0 Å². The van der Waals surface area contributed by atoms with E-state index in [1.165, 1.54) is 19.3 Å². The summed E-state index contributed by atoms with van der Waals surface area (Å²) in [5, 5.41) is 31.6. The molecule has 37 heavy (non-hydrogen) atoms. The molecule has 9 heteroatoms. The lowest BCUT2D eigenvalue weighted by Gasteiger charge is -2.43. The Morgan fingerprint density at radius 3 is 2.70 bits per heavy atom. The SMILES string of the molecule is CC1CCC(NC(=O)C2CCC(N3CCCC(CO)C3)NC2)CC1NC1NCCC(C2CCCNC2)N1. The quantitative estimate of drug-likeness (QED) is 0.261. The first kappa shape index (κ1) is 27.7. The molecule has 4 saturated heterocycles. The fourth-order valence-electron chi connectivity index (χ4n) is 7.57. The Kier molecular flexibility index (Phi) is 10.1. The summed E-state index contributed by atoms with van der Waals surface area (Å²) in [6, 6.07) is 1.23. The minimum atomic E-state index is 0.0620. The van der Waals surface area contributed by atoms with Crippen LogP contribution in [0.15, 0.2) is 0 Å². The molecule has 4 aliphatic heterocycles. The number of hydrogen-bond donors (Lipinski definition) is 7. The number of amides is 1. The molecule has 4 heterocycles. The number of carbonyl (C=O) groups is 1. The molecule has 0 aromatic carbocycles. The van der Waals surface area contributed by atoms with E-state index in [1.807, 2.05) is 0 Å². The van der Waals surface area contributed by atoms with Gasteiger partial charge in [0.25, 0.3) is 0 Å². The van der Waals surface area contributed by atoms with Crippen molar-refractivity contribution < 1.29 is 9.90 Å². The van der Waals surface area contributed by atoms with Crippen LogP contribution in [0.2, 0.25) is 0 Å². The predicted molar refractivity (Wildman–Crippen MR) is 147 cm³/mol. The third-order valence-electron chi connectivity index (χ3n) is 10.0. The number of hydrogen-bond acceptors (Lipinski definition) is 8. The summed E-state index contributed by atoms with van der Waals surface area (Å²) in [7, 11) is 0. The van der Waals surface area contributed by atoms with Crippen LogP contribution in [0.4, 0.5) is 0 Å². The van der Waals surface area contributed by atoms with Crippen LogP contribution in [-0.4, -0.2) is 92.4 Å². The van der Waals surface area contributed by atoms with Gasteiger partial charge in [0.15, 0.2) is 0 Å². The van der Waals surface area contributed by atoms with Crippen molar-refractivity contribution in [3.8, 4) is 0 Å². The summed E-state index contributed by atoms with van der Waals surface area (Å²) in [5.41, 5.74) is 0. The monoisotopic (exact) mass is 519 g/mol. The molecule has 1 saturated carbocycles. The van der Waals surface area contributed by atoms with Crippen molar-refractivity contribution >= 4 is 5.91 Å². The molecule has 0 aromatic rings. The lowest BCUT2D eigenvalue weighted by atomic mass is 9.82. The van der Waals surface area contributed by atoms with Crippen LogP contribution in [0.1, 0.15) is 71.1 Å². The molecule has 1 amide bonds. The van der Waals surface area contributed by atoms with E-state index in [1.54, 1.807) is 0 Å². The van der Waals surface area contributed by atoms with E-state index in [9.17, 15) is 9.90 Å². The van der Waals surface area contributed by atoms with Gasteiger partial charge in [0.1, 0.15) is 6.29 Å². The molecule has 0 aromatic heterocycles. The third kappa shape index (κ3) is 7.44. The fraction of sp³-hybridized carbons (Fsp3) is 0.964. The molecule has 212 valence electrons. The van der Waals surface area contributed by atoms with Crippen molar-refractivity contribution in [2.24, 2.45) is 23.7 Å². The van der Waals surface area contributed by atoms with E-state index in [0.717, 1.165) is 90.1 Å². The second-order valence-corrected chi connectivity index (χ2v) is 12.7. The first-order valence-electron chi connectivity index (χ1n) is 15.4. The van der Waals surface area contributed by atoms with Crippen LogP contribution in [0.5, 0.6) is 0 Å². The minimum absolute atomic E-state index is 0.0620. The minimum Gasteiger partial charge on any atom is -0.396 e. The molecular weight excluding hydrogens is 466 g/mol. The number of nitrogens with one attached hydrogen (secondary N) is 6. The van der Waals surface area contributed by atoms with Crippen LogP contribution in [-0.2, 0) is 4.79 Å². The second kappa shape index (κ2) is 13.5. The highest BCUT2D eigenvalue weighted by molar-refractivity contribution is 5.79. The fourth-order valence-corrected chi connectivity index (χ4v) is 7.57. The van der Waals surface area contributed by atoms with E-state index in [2.05, 4.69) is 43.7 Å². The normalized spacial score (nSPS) is 42.3. The van der Waals surface area contributed by atoms with Crippen molar-refractivity contribution in [1.29, 1.82) is 0 Å². The van der Waals surface area contributed by atoms with Gasteiger partial charge < -0.3 is 21.1 Å². The van der Waals surface area contributed by atoms with E-state index in [0.29, 0.717) is 30.1 Å². The highest BCUT2D eigenvalue weighted by atomic mass is 16.3. The molecule has 5 fully saturated rings. The number of aliphatic hydroxyl groups is 1. The zero-order valence-corrected chi connectivity index (χ0v) is 23.0. The number of carbonyl (C=O) groups excluding carboxylic acids is 1. The highest BCUT2D eigenvalue weighted by Crippen LogP contribution is 2.27. The zero-order chi connectivity index (χ0) is 25.6. The molecule has 0 spiro atoms. The van der Waals surface area contributed by atoms with Crippen molar-refractivity contribution in [3.63, 3.8) is 0 Å². The van der Waals surface area contributed by atoms with Crippen molar-refractivity contribution in [2.75, 3.05) is 45.9 Å². The van der Waals surface area contributed by atoms with Gasteiger partial charge in [-0.1, -0.05) is 6.92 Å². The predicted octanol–water partition coefficient (Wildman–Crippen LogP) is 0.514. The first-order valence-corrected chi connectivity index (χ1v) is 15.4. The van der Waals surface area contributed by atoms with Crippen LogP contribution < -0.4 is 31.9 Å². The Hall–Kier alpha value is -0.810. The number of rotatable bonds is 7. The maximum absolute atomic E-state index is 13.2. The molecular formula is C28H53N7O2. The van der Waals surface area contributed by atoms with Crippen LogP contribution in [0.3, 0.4) is 0 Å². The number of likely N-dealkylation sites (tertiary alicyclic amines) is 1. The van der Waals surface area contributed by atoms with Gasteiger partial charge in [-0.05, 0) is 108 Å². The van der Waals surface area contributed by atoms with Crippen LogP contribution in [0, 0.1) is 23.7 Å². The van der Waals surface area contributed by atoms with Crippen molar-refractivity contribution in [2.45, 2.75) is 102 Å². The van der Waals surface area contributed by atoms with E-state index in [4.69, 9.17) is 0 Å². The van der Waals surface area contributed by atoms with Crippen LogP contribution in [0.25, 0.3) is 0 Å². The number of aliphatic hydroxyl groups excluding tert-OH is 1. The van der Waals surface area contributed by atoms with Crippen molar-refractivity contribution in [1.82, 2.24) is 36.8 Å². The van der Waals surface area contributed by atoms with Gasteiger partial charge in [-0.3, -0.25) is 25.6 Å². The van der Waals surface area contributed by atoms with Crippen LogP contribution >= 0.6 is 0 Å². The smallest absolute Gasteiger partial charge is 0.224 e. The number of nitrogens with zero attached hydrogens (tertiary/aromatic N) is 1. The zero-order valence-electron chi connectivity index (χ0n) is 23.0. The standard InChI is InChI=1S/C28H53N7O2/c1-19-6-8-23(14-25(19)34-28-30-12-10-24(33-28)21-5-2-11-29-15-21)32-27(37)22-7-9-26(31-16-22)35-13-3-4-20(17-35)18-36/h19-26,28-31,33-34,36H,2-18H2,1H3,(H,32,37). The Morgan fingerprint density at radius 1 is 1.00 bits per heavy atom. The Morgan fingerprint density at radius 2 is 1.92 bits per heavy atom. The van der Waals surface area contributed by atoms with Gasteiger partial charge >= 0.3 is 0 Å². The first-order chi connectivity index (χ1) is 18.1. The molecule has 1 aliphatic carbocycles. The molecule has 0 bridgehead atoms. The molecule has 7 N–H and O–H groups in total. The molecule has 5 aliphatic rings. The summed E-state index contributed by atoms with van der Waals surface area (Å²) in [6.07, 6.45) is 11.8. The maximum atomic E-state index is 13.2. The average Bonchev–Trinajstić information content (AvgIpc) is 2.95. The number of piperidine rings is 3. The Balaban J connectivity index is 1.05. The topological polar surface area (TPSA) is 113 Å². The molecule has 0 radical (unpaired) electrons. The van der Waals surface area contributed by atoms with Gasteiger partial charge in [0.05, 0.1) is 12.1 Å². The van der Waals surface area contributed by atoms with Gasteiger partial charge in [-0.25, -0.2) is 0 Å². The Bertz CT molecular complexity index is 713. The summed E-state index contributed by atoms with van der Waals surface area (Å²) < 4.78 is 0. The van der Waals surface area contributed by atoms with Crippen molar-refractivity contribution in [3.05, 3.63) is 0 Å². The molecule has 5 rings (SSSR count). The van der Waals surface area contributed by atoms with Gasteiger partial charge in [-0.2, -0.15) is 0 Å².